The Morgan fingerprint density at radius 2 is 2.12 bits per heavy atom. The number of hydrogen-bond acceptors (Lipinski definition) is 3. The number of alkyl halides is 3. The van der Waals surface area contributed by atoms with Crippen LogP contribution in [-0.4, -0.2) is 33.6 Å². The van der Waals surface area contributed by atoms with Gasteiger partial charge in [-0.3, -0.25) is 4.79 Å². The fraction of sp³-hybridized carbons (Fsp3) is 0.500. The van der Waals surface area contributed by atoms with E-state index in [-0.39, 0.29) is 27.7 Å². The van der Waals surface area contributed by atoms with Crippen LogP contribution in [0.4, 0.5) is 13.2 Å². The molecule has 0 radical (unpaired) electrons. The molecule has 2 atom stereocenters. The molecule has 2 unspecified atom stereocenters. The lowest BCUT2D eigenvalue weighted by atomic mass is 9.80. The molecule has 2 aliphatic rings. The second-order valence-corrected chi connectivity index (χ2v) is 6.62. The fourth-order valence-electron chi connectivity index (χ4n) is 3.33. The number of hydrogen-bond donors (Lipinski definition) is 1. The Morgan fingerprint density at radius 1 is 1.42 bits per heavy atom. The fourth-order valence-corrected chi connectivity index (χ4v) is 3.64. The van der Waals surface area contributed by atoms with Crippen molar-refractivity contribution < 1.29 is 23.1 Å². The third kappa shape index (κ3) is 2.50. The summed E-state index contributed by atoms with van der Waals surface area (Å²) >= 11 is 6.00. The predicted molar refractivity (Wildman–Crippen MR) is 82.8 cm³/mol. The summed E-state index contributed by atoms with van der Waals surface area (Å²) in [6, 6.07) is 4.40. The van der Waals surface area contributed by atoms with Gasteiger partial charge in [0.1, 0.15) is 0 Å². The molecule has 3 rings (SSSR count). The lowest BCUT2D eigenvalue weighted by Gasteiger charge is -2.38. The summed E-state index contributed by atoms with van der Waals surface area (Å²) in [6.45, 7) is 1.75. The third-order valence-corrected chi connectivity index (χ3v) is 4.89. The van der Waals surface area contributed by atoms with Crippen molar-refractivity contribution in [1.82, 2.24) is 5.01 Å². The van der Waals surface area contributed by atoms with Crippen molar-refractivity contribution in [2.45, 2.75) is 44.5 Å². The Morgan fingerprint density at radius 3 is 2.75 bits per heavy atom. The monoisotopic (exact) mass is 360 g/mol. The van der Waals surface area contributed by atoms with E-state index in [1.807, 2.05) is 0 Å². The van der Waals surface area contributed by atoms with Gasteiger partial charge in [-0.1, -0.05) is 24.1 Å². The van der Waals surface area contributed by atoms with E-state index in [0.29, 0.717) is 19.3 Å². The van der Waals surface area contributed by atoms with Crippen molar-refractivity contribution in [3.8, 4) is 0 Å². The number of aliphatic hydroxyl groups is 1. The maximum Gasteiger partial charge on any atom is 0.439 e. The van der Waals surface area contributed by atoms with Gasteiger partial charge < -0.3 is 5.11 Å². The van der Waals surface area contributed by atoms with E-state index >= 15 is 0 Å². The molecule has 0 spiro atoms. The van der Waals surface area contributed by atoms with Crippen LogP contribution in [0.5, 0.6) is 0 Å². The first-order valence-electron chi connectivity index (χ1n) is 7.63. The van der Waals surface area contributed by atoms with Gasteiger partial charge in [-0.15, -0.1) is 0 Å². The first kappa shape index (κ1) is 17.2. The van der Waals surface area contributed by atoms with Gasteiger partial charge in [0.25, 0.3) is 11.6 Å². The molecule has 8 heteroatoms. The molecular weight excluding hydrogens is 345 g/mol. The lowest BCUT2D eigenvalue weighted by Crippen LogP contribution is -2.61. The summed E-state index contributed by atoms with van der Waals surface area (Å²) in [6.07, 6.45) is -3.30. The Balaban J connectivity index is 2.07. The van der Waals surface area contributed by atoms with Crippen molar-refractivity contribution in [1.29, 1.82) is 0 Å². The zero-order chi connectivity index (χ0) is 17.7. The molecule has 130 valence electrons. The number of aryl methyl sites for hydroxylation is 1. The van der Waals surface area contributed by atoms with Gasteiger partial charge in [-0.05, 0) is 43.9 Å². The number of nitrogens with zero attached hydrogens (tertiary/aromatic N) is 2. The minimum Gasteiger partial charge on any atom is -0.362 e. The second-order valence-electron chi connectivity index (χ2n) is 6.21. The molecule has 1 aromatic rings. The molecule has 1 N–H and O–H groups in total. The van der Waals surface area contributed by atoms with Gasteiger partial charge in [-0.2, -0.15) is 23.3 Å². The van der Waals surface area contributed by atoms with Crippen LogP contribution in [-0.2, 0) is 0 Å². The smallest absolute Gasteiger partial charge is 0.362 e. The van der Waals surface area contributed by atoms with E-state index in [0.717, 1.165) is 5.56 Å². The number of halogens is 4. The highest BCUT2D eigenvalue weighted by atomic mass is 35.5. The molecule has 1 fully saturated rings. The minimum absolute atomic E-state index is 0.0274. The van der Waals surface area contributed by atoms with Crippen LogP contribution in [0.2, 0.25) is 5.02 Å². The van der Waals surface area contributed by atoms with Crippen molar-refractivity contribution in [2.24, 2.45) is 11.0 Å². The van der Waals surface area contributed by atoms with Gasteiger partial charge >= 0.3 is 6.18 Å². The summed E-state index contributed by atoms with van der Waals surface area (Å²) in [4.78, 5) is 12.7. The van der Waals surface area contributed by atoms with Crippen LogP contribution in [0.1, 0.15) is 41.6 Å². The number of rotatable bonds is 1. The van der Waals surface area contributed by atoms with Gasteiger partial charge in [0.15, 0.2) is 0 Å². The summed E-state index contributed by atoms with van der Waals surface area (Å²) in [5, 5.41) is 14.5. The molecule has 1 heterocycles. The molecule has 1 saturated carbocycles. The maximum atomic E-state index is 13.7. The zero-order valence-electron chi connectivity index (χ0n) is 12.9. The zero-order valence-corrected chi connectivity index (χ0v) is 13.7. The van der Waals surface area contributed by atoms with Crippen LogP contribution < -0.4 is 0 Å². The van der Waals surface area contributed by atoms with Crippen LogP contribution in [0.3, 0.4) is 0 Å². The Bertz CT molecular complexity index is 720. The van der Waals surface area contributed by atoms with E-state index in [1.54, 1.807) is 13.0 Å². The summed E-state index contributed by atoms with van der Waals surface area (Å²) in [5.74, 6) is -2.28. The lowest BCUT2D eigenvalue weighted by molar-refractivity contribution is -0.312. The van der Waals surface area contributed by atoms with Crippen molar-refractivity contribution in [3.63, 3.8) is 0 Å². The van der Waals surface area contributed by atoms with Gasteiger partial charge in [0.05, 0.1) is 16.5 Å². The van der Waals surface area contributed by atoms with Crippen molar-refractivity contribution in [2.75, 3.05) is 0 Å². The van der Waals surface area contributed by atoms with Crippen LogP contribution in [0.25, 0.3) is 0 Å². The number of hydrazone groups is 1. The molecule has 1 aliphatic heterocycles. The second kappa shape index (κ2) is 5.74. The number of fused-ring (bicyclic) bond motifs is 1. The van der Waals surface area contributed by atoms with Gasteiger partial charge in [0, 0.05) is 5.71 Å². The first-order chi connectivity index (χ1) is 11.2. The first-order valence-corrected chi connectivity index (χ1v) is 8.01. The SMILES string of the molecule is Cc1ccc(C(=O)N2N=C3CCCCC3C2(O)C(F)(F)F)c(Cl)c1. The average Bonchev–Trinajstić information content (AvgIpc) is 2.81. The minimum atomic E-state index is -5.02. The van der Waals surface area contributed by atoms with E-state index in [2.05, 4.69) is 5.10 Å². The van der Waals surface area contributed by atoms with E-state index < -0.39 is 23.7 Å². The molecule has 24 heavy (non-hydrogen) atoms. The summed E-state index contributed by atoms with van der Waals surface area (Å²) < 4.78 is 41.0. The van der Waals surface area contributed by atoms with Gasteiger partial charge in [0.2, 0.25) is 0 Å². The molecule has 1 aliphatic carbocycles. The Hall–Kier alpha value is -1.60. The quantitative estimate of drug-likeness (QED) is 0.825. The van der Waals surface area contributed by atoms with Gasteiger partial charge in [-0.25, -0.2) is 0 Å². The van der Waals surface area contributed by atoms with Crippen LogP contribution in [0, 0.1) is 12.8 Å². The van der Waals surface area contributed by atoms with Crippen molar-refractivity contribution >= 4 is 23.2 Å². The Labute approximate surface area is 141 Å². The number of carbonyl (C=O) groups is 1. The topological polar surface area (TPSA) is 52.9 Å². The highest BCUT2D eigenvalue weighted by Crippen LogP contribution is 2.48. The molecule has 0 bridgehead atoms. The molecule has 0 aromatic heterocycles. The molecule has 1 aromatic carbocycles. The highest BCUT2D eigenvalue weighted by Gasteiger charge is 2.68. The molecule has 0 saturated heterocycles. The number of amides is 1. The Kier molecular flexibility index (Phi) is 4.12. The van der Waals surface area contributed by atoms with E-state index in [1.165, 1.54) is 12.1 Å². The molecule has 4 nitrogen and oxygen atoms in total. The van der Waals surface area contributed by atoms with Crippen LogP contribution >= 0.6 is 11.6 Å². The average molecular weight is 361 g/mol. The largest absolute Gasteiger partial charge is 0.439 e. The maximum absolute atomic E-state index is 13.7. The van der Waals surface area contributed by atoms with E-state index in [9.17, 15) is 23.1 Å². The summed E-state index contributed by atoms with van der Waals surface area (Å²) in [5.41, 5.74) is -2.46. The number of benzene rings is 1. The van der Waals surface area contributed by atoms with Crippen LogP contribution in [0.15, 0.2) is 23.3 Å². The highest BCUT2D eigenvalue weighted by molar-refractivity contribution is 6.34. The normalized spacial score (nSPS) is 27.0. The molecule has 1 amide bonds. The number of carbonyl (C=O) groups excluding carboxylic acids is 1. The standard InChI is InChI=1S/C16H16ClF3N2O2/c1-9-6-7-10(12(17)8-9)14(23)22-15(24,16(18,19)20)11-4-2-3-5-13(11)21-22/h6-8,11,24H,2-5H2,1H3. The van der Waals surface area contributed by atoms with E-state index in [4.69, 9.17) is 11.6 Å². The summed E-state index contributed by atoms with van der Waals surface area (Å²) in [7, 11) is 0. The predicted octanol–water partition coefficient (Wildman–Crippen LogP) is 3.90. The third-order valence-electron chi connectivity index (χ3n) is 4.58. The van der Waals surface area contributed by atoms with Crippen molar-refractivity contribution in [3.05, 3.63) is 34.3 Å². The molecular formula is C16H16ClF3N2O2.